The molecular formula is C22H28N6O3Si. The lowest BCUT2D eigenvalue weighted by Gasteiger charge is -2.48. The summed E-state index contributed by atoms with van der Waals surface area (Å²) in [7, 11) is -1.13. The van der Waals surface area contributed by atoms with Crippen molar-refractivity contribution in [1.82, 2.24) is 24.0 Å². The van der Waals surface area contributed by atoms with Crippen molar-refractivity contribution in [3.63, 3.8) is 0 Å². The van der Waals surface area contributed by atoms with Crippen molar-refractivity contribution in [2.24, 2.45) is 0 Å². The Balaban J connectivity index is 1.55. The van der Waals surface area contributed by atoms with Crippen LogP contribution in [0.5, 0.6) is 0 Å². The molecule has 1 aliphatic rings. The van der Waals surface area contributed by atoms with E-state index in [1.807, 2.05) is 39.9 Å². The van der Waals surface area contributed by atoms with Crippen LogP contribution in [0, 0.1) is 11.3 Å². The number of hydrogen-bond acceptors (Lipinski definition) is 5. The fraction of sp³-hybridized carbons (Fsp3) is 0.455. The van der Waals surface area contributed by atoms with E-state index in [0.29, 0.717) is 19.8 Å². The van der Waals surface area contributed by atoms with Crippen molar-refractivity contribution in [3.8, 4) is 17.3 Å². The van der Waals surface area contributed by atoms with Gasteiger partial charge < -0.3 is 23.9 Å². The van der Waals surface area contributed by atoms with Gasteiger partial charge >= 0.3 is 6.09 Å². The molecular weight excluding hydrogens is 424 g/mol. The van der Waals surface area contributed by atoms with Crippen LogP contribution in [0.3, 0.4) is 0 Å². The SMILES string of the molecule is C[Si](C)(C)CCOCn1ccc2c(-c3ccn(C4(CC#N)CN(C(=O)O)C4)c3)ncnc21. The predicted octanol–water partition coefficient (Wildman–Crippen LogP) is 3.81. The van der Waals surface area contributed by atoms with Gasteiger partial charge in [-0.25, -0.2) is 14.8 Å². The molecule has 10 heteroatoms. The first kappa shape index (κ1) is 22.0. The first-order valence-corrected chi connectivity index (χ1v) is 14.3. The summed E-state index contributed by atoms with van der Waals surface area (Å²) in [5.74, 6) is 0. The fourth-order valence-corrected chi connectivity index (χ4v) is 4.78. The maximum Gasteiger partial charge on any atom is 0.407 e. The standard InChI is InChI=1S/C22H28N6O3Si/c1-32(2,3)11-10-31-16-26-8-5-18-19(24-15-25-20(18)26)17-4-9-28(12-17)22(6-7-23)13-27(14-22)21(29)30/h4-5,8-9,12,15H,6,10-11,13-14,16H2,1-3H3,(H,29,30). The highest BCUT2D eigenvalue weighted by molar-refractivity contribution is 6.76. The van der Waals surface area contributed by atoms with Crippen molar-refractivity contribution in [2.75, 3.05) is 19.7 Å². The zero-order valence-electron chi connectivity index (χ0n) is 18.7. The molecule has 4 heterocycles. The van der Waals surface area contributed by atoms with Crippen LogP contribution in [-0.2, 0) is 17.0 Å². The van der Waals surface area contributed by atoms with Gasteiger partial charge in [-0.3, -0.25) is 0 Å². The summed E-state index contributed by atoms with van der Waals surface area (Å²) >= 11 is 0. The highest BCUT2D eigenvalue weighted by Gasteiger charge is 2.46. The summed E-state index contributed by atoms with van der Waals surface area (Å²) < 4.78 is 9.82. The zero-order chi connectivity index (χ0) is 22.9. The number of likely N-dealkylation sites (tertiary alicyclic amines) is 1. The number of rotatable bonds is 8. The Kier molecular flexibility index (Phi) is 5.79. The molecule has 9 nitrogen and oxygen atoms in total. The summed E-state index contributed by atoms with van der Waals surface area (Å²) in [5.41, 5.74) is 1.98. The molecule has 0 atom stereocenters. The molecule has 3 aromatic heterocycles. The average molecular weight is 453 g/mol. The van der Waals surface area contributed by atoms with Crippen LogP contribution in [0.1, 0.15) is 6.42 Å². The second-order valence-corrected chi connectivity index (χ2v) is 15.2. The minimum absolute atomic E-state index is 0.245. The number of carboxylic acid groups (broad SMARTS) is 1. The molecule has 0 bridgehead atoms. The van der Waals surface area contributed by atoms with Gasteiger partial charge in [-0.05, 0) is 18.2 Å². The van der Waals surface area contributed by atoms with Gasteiger partial charge in [-0.15, -0.1) is 0 Å². The molecule has 32 heavy (non-hydrogen) atoms. The molecule has 0 aromatic carbocycles. The molecule has 1 amide bonds. The first-order chi connectivity index (χ1) is 15.2. The Morgan fingerprint density at radius 2 is 2.06 bits per heavy atom. The summed E-state index contributed by atoms with van der Waals surface area (Å²) in [5, 5.41) is 19.4. The first-order valence-electron chi connectivity index (χ1n) is 10.6. The van der Waals surface area contributed by atoms with Gasteiger partial charge in [0, 0.05) is 44.2 Å². The summed E-state index contributed by atoms with van der Waals surface area (Å²) in [6.07, 6.45) is 6.64. The van der Waals surface area contributed by atoms with E-state index < -0.39 is 19.7 Å². The number of hydrogen-bond donors (Lipinski definition) is 1. The number of amides is 1. The monoisotopic (exact) mass is 452 g/mol. The van der Waals surface area contributed by atoms with Gasteiger partial charge in [0.05, 0.1) is 36.8 Å². The van der Waals surface area contributed by atoms with Crippen molar-refractivity contribution in [3.05, 3.63) is 37.1 Å². The quantitative estimate of drug-likeness (QED) is 0.411. The van der Waals surface area contributed by atoms with Gasteiger partial charge in [0.25, 0.3) is 0 Å². The summed E-state index contributed by atoms with van der Waals surface area (Å²) in [4.78, 5) is 21.5. The number of ether oxygens (including phenoxy) is 1. The molecule has 4 rings (SSSR count). The largest absolute Gasteiger partial charge is 0.465 e. The molecule has 0 radical (unpaired) electrons. The van der Waals surface area contributed by atoms with Crippen LogP contribution in [0.15, 0.2) is 37.1 Å². The third-order valence-corrected chi connectivity index (χ3v) is 7.65. The van der Waals surface area contributed by atoms with Crippen LogP contribution >= 0.6 is 0 Å². The van der Waals surface area contributed by atoms with Gasteiger partial charge in [-0.1, -0.05) is 19.6 Å². The Morgan fingerprint density at radius 1 is 1.28 bits per heavy atom. The molecule has 1 saturated heterocycles. The fourth-order valence-electron chi connectivity index (χ4n) is 4.02. The van der Waals surface area contributed by atoms with Crippen molar-refractivity contribution < 1.29 is 14.6 Å². The summed E-state index contributed by atoms with van der Waals surface area (Å²) in [6.45, 7) is 8.78. The van der Waals surface area contributed by atoms with Crippen LogP contribution in [0.2, 0.25) is 25.7 Å². The number of aromatic nitrogens is 4. The number of nitriles is 1. The second-order valence-electron chi connectivity index (χ2n) is 9.60. The Hall–Kier alpha value is -3.16. The Bertz CT molecular complexity index is 1170. The smallest absolute Gasteiger partial charge is 0.407 e. The highest BCUT2D eigenvalue weighted by atomic mass is 28.3. The summed E-state index contributed by atoms with van der Waals surface area (Å²) in [6, 6.07) is 7.26. The normalized spacial score (nSPS) is 15.5. The number of carbonyl (C=O) groups is 1. The van der Waals surface area contributed by atoms with E-state index in [4.69, 9.17) is 4.74 Å². The molecule has 1 fully saturated rings. The lowest BCUT2D eigenvalue weighted by Crippen LogP contribution is -2.63. The topological polar surface area (TPSA) is 109 Å². The lowest BCUT2D eigenvalue weighted by atomic mass is 9.87. The van der Waals surface area contributed by atoms with E-state index in [1.54, 1.807) is 6.33 Å². The molecule has 3 aromatic rings. The van der Waals surface area contributed by atoms with E-state index >= 15 is 0 Å². The molecule has 0 aliphatic carbocycles. The zero-order valence-corrected chi connectivity index (χ0v) is 19.7. The maximum atomic E-state index is 11.2. The minimum atomic E-state index is -1.13. The van der Waals surface area contributed by atoms with Crippen LogP contribution < -0.4 is 0 Å². The highest BCUT2D eigenvalue weighted by Crippen LogP contribution is 2.35. The van der Waals surface area contributed by atoms with Crippen molar-refractivity contribution >= 4 is 25.2 Å². The van der Waals surface area contributed by atoms with E-state index in [2.05, 4.69) is 35.7 Å². The van der Waals surface area contributed by atoms with E-state index in [1.165, 1.54) is 4.90 Å². The third-order valence-electron chi connectivity index (χ3n) is 5.95. The number of fused-ring (bicyclic) bond motifs is 1. The molecule has 1 N–H and O–H groups in total. The van der Waals surface area contributed by atoms with Crippen LogP contribution in [0.4, 0.5) is 4.79 Å². The Morgan fingerprint density at radius 3 is 2.75 bits per heavy atom. The molecule has 0 spiro atoms. The van der Waals surface area contributed by atoms with E-state index in [9.17, 15) is 15.2 Å². The third kappa shape index (κ3) is 4.26. The van der Waals surface area contributed by atoms with Gasteiger partial charge in [-0.2, -0.15) is 5.26 Å². The Labute approximate surface area is 187 Å². The van der Waals surface area contributed by atoms with Crippen molar-refractivity contribution in [1.29, 1.82) is 5.26 Å². The predicted molar refractivity (Wildman–Crippen MR) is 123 cm³/mol. The van der Waals surface area contributed by atoms with Crippen LogP contribution in [0.25, 0.3) is 22.3 Å². The molecule has 168 valence electrons. The second kappa shape index (κ2) is 8.41. The van der Waals surface area contributed by atoms with Crippen molar-refractivity contribution in [2.45, 2.75) is 44.4 Å². The van der Waals surface area contributed by atoms with Gasteiger partial charge in [0.2, 0.25) is 0 Å². The number of nitrogens with zero attached hydrogens (tertiary/aromatic N) is 6. The van der Waals surface area contributed by atoms with Crippen LogP contribution in [-0.4, -0.2) is 63.0 Å². The van der Waals surface area contributed by atoms with Gasteiger partial charge in [0.1, 0.15) is 18.7 Å². The van der Waals surface area contributed by atoms with E-state index in [-0.39, 0.29) is 6.42 Å². The average Bonchev–Trinajstić information content (AvgIpc) is 3.34. The van der Waals surface area contributed by atoms with E-state index in [0.717, 1.165) is 34.9 Å². The van der Waals surface area contributed by atoms with Gasteiger partial charge in [0.15, 0.2) is 0 Å². The molecule has 0 saturated carbocycles. The molecule has 1 aliphatic heterocycles. The molecule has 0 unspecified atom stereocenters. The maximum absolute atomic E-state index is 11.2. The lowest BCUT2D eigenvalue weighted by molar-refractivity contribution is 0.0219. The minimum Gasteiger partial charge on any atom is -0.465 e.